The van der Waals surface area contributed by atoms with Crippen molar-refractivity contribution in [1.29, 1.82) is 5.26 Å². The highest BCUT2D eigenvalue weighted by Gasteiger charge is 2.12. The van der Waals surface area contributed by atoms with Crippen molar-refractivity contribution in [3.8, 4) is 6.07 Å². The fourth-order valence-electron chi connectivity index (χ4n) is 2.65. The van der Waals surface area contributed by atoms with Crippen LogP contribution in [0.25, 0.3) is 0 Å². The average molecular weight is 231 g/mol. The minimum absolute atomic E-state index is 0.736. The molecule has 0 radical (unpaired) electrons. The van der Waals surface area contributed by atoms with Gasteiger partial charge in [-0.05, 0) is 36.9 Å². The molecule has 0 aliphatic heterocycles. The van der Waals surface area contributed by atoms with Gasteiger partial charge >= 0.3 is 0 Å². The van der Waals surface area contributed by atoms with Crippen molar-refractivity contribution >= 4 is 0 Å². The molecule has 0 bridgehead atoms. The summed E-state index contributed by atoms with van der Waals surface area (Å²) in [6.07, 6.45) is 9.01. The first kappa shape index (κ1) is 12.2. The van der Waals surface area contributed by atoms with Gasteiger partial charge in [0.15, 0.2) is 0 Å². The molecule has 1 aliphatic carbocycles. The zero-order valence-corrected chi connectivity index (χ0v) is 10.6. The summed E-state index contributed by atoms with van der Waals surface area (Å²) >= 11 is 0. The number of aryl methyl sites for hydroxylation is 1. The van der Waals surface area contributed by atoms with Crippen molar-refractivity contribution in [2.45, 2.75) is 38.6 Å². The van der Waals surface area contributed by atoms with Gasteiger partial charge in [0, 0.05) is 19.8 Å². The lowest BCUT2D eigenvalue weighted by Crippen LogP contribution is -2.23. The second-order valence-corrected chi connectivity index (χ2v) is 5.09. The molecular formula is C14H21N3. The van der Waals surface area contributed by atoms with E-state index in [1.165, 1.54) is 37.7 Å². The molecule has 92 valence electrons. The van der Waals surface area contributed by atoms with Crippen LogP contribution in [0, 0.1) is 17.2 Å². The lowest BCUT2D eigenvalue weighted by atomic mass is 9.89. The van der Waals surface area contributed by atoms with Crippen molar-refractivity contribution in [2.75, 3.05) is 6.54 Å². The van der Waals surface area contributed by atoms with Crippen LogP contribution >= 0.6 is 0 Å². The first-order valence-corrected chi connectivity index (χ1v) is 6.55. The Labute approximate surface area is 103 Å². The topological polar surface area (TPSA) is 40.8 Å². The quantitative estimate of drug-likeness (QED) is 0.865. The minimum Gasteiger partial charge on any atom is -0.342 e. The highest BCUT2D eigenvalue weighted by Crippen LogP contribution is 2.22. The smallest absolute Gasteiger partial charge is 0.120 e. The maximum Gasteiger partial charge on any atom is 0.120 e. The van der Waals surface area contributed by atoms with Crippen molar-refractivity contribution in [3.63, 3.8) is 0 Å². The molecule has 2 rings (SSSR count). The normalized spacial score (nSPS) is 16.9. The van der Waals surface area contributed by atoms with E-state index in [0.29, 0.717) is 0 Å². The Morgan fingerprint density at radius 1 is 1.41 bits per heavy atom. The van der Waals surface area contributed by atoms with E-state index in [1.54, 1.807) is 0 Å². The van der Waals surface area contributed by atoms with Crippen LogP contribution in [0.2, 0.25) is 0 Å². The maximum atomic E-state index is 8.87. The highest BCUT2D eigenvalue weighted by molar-refractivity contribution is 5.28. The van der Waals surface area contributed by atoms with Crippen molar-refractivity contribution in [3.05, 3.63) is 23.5 Å². The lowest BCUT2D eigenvalue weighted by molar-refractivity contribution is 0.342. The fourth-order valence-corrected chi connectivity index (χ4v) is 2.65. The van der Waals surface area contributed by atoms with E-state index in [4.69, 9.17) is 5.26 Å². The molecule has 0 atom stereocenters. The van der Waals surface area contributed by atoms with Gasteiger partial charge in [-0.15, -0.1) is 0 Å². The molecule has 1 aliphatic rings. The van der Waals surface area contributed by atoms with Crippen LogP contribution in [0.5, 0.6) is 0 Å². The standard InChI is InChI=1S/C14H21N3/c1-17-11-13(7-14(17)8-15)10-16-9-12-5-3-2-4-6-12/h7,11-12,16H,2-6,9-10H2,1H3. The molecular weight excluding hydrogens is 210 g/mol. The molecule has 3 heteroatoms. The molecule has 1 N–H and O–H groups in total. The Kier molecular flexibility index (Phi) is 4.22. The van der Waals surface area contributed by atoms with Gasteiger partial charge in [0.25, 0.3) is 0 Å². The summed E-state index contributed by atoms with van der Waals surface area (Å²) in [6, 6.07) is 4.16. The van der Waals surface area contributed by atoms with Gasteiger partial charge in [-0.1, -0.05) is 19.3 Å². The fraction of sp³-hybridized carbons (Fsp3) is 0.643. The summed E-state index contributed by atoms with van der Waals surface area (Å²) in [4.78, 5) is 0. The number of hydrogen-bond donors (Lipinski definition) is 1. The number of aromatic nitrogens is 1. The largest absolute Gasteiger partial charge is 0.342 e. The second-order valence-electron chi connectivity index (χ2n) is 5.09. The molecule has 1 saturated carbocycles. The first-order chi connectivity index (χ1) is 8.29. The van der Waals surface area contributed by atoms with Crippen molar-refractivity contribution in [1.82, 2.24) is 9.88 Å². The number of nitriles is 1. The highest BCUT2D eigenvalue weighted by atomic mass is 14.9. The molecule has 0 unspecified atom stereocenters. The summed E-state index contributed by atoms with van der Waals surface area (Å²) in [5, 5.41) is 12.4. The average Bonchev–Trinajstić information content (AvgIpc) is 2.71. The Morgan fingerprint density at radius 3 is 2.82 bits per heavy atom. The molecule has 0 saturated heterocycles. The molecule has 1 fully saturated rings. The summed E-state index contributed by atoms with van der Waals surface area (Å²) in [5.74, 6) is 0.864. The van der Waals surface area contributed by atoms with Gasteiger partial charge in [-0.3, -0.25) is 0 Å². The van der Waals surface area contributed by atoms with Gasteiger partial charge < -0.3 is 9.88 Å². The van der Waals surface area contributed by atoms with Gasteiger partial charge in [-0.25, -0.2) is 0 Å². The van der Waals surface area contributed by atoms with E-state index in [-0.39, 0.29) is 0 Å². The van der Waals surface area contributed by atoms with E-state index < -0.39 is 0 Å². The molecule has 0 spiro atoms. The van der Waals surface area contributed by atoms with Crippen LogP contribution < -0.4 is 5.32 Å². The monoisotopic (exact) mass is 231 g/mol. The third-order valence-electron chi connectivity index (χ3n) is 3.66. The van der Waals surface area contributed by atoms with Crippen LogP contribution in [-0.2, 0) is 13.6 Å². The van der Waals surface area contributed by atoms with Crippen molar-refractivity contribution < 1.29 is 0 Å². The van der Waals surface area contributed by atoms with Crippen LogP contribution in [0.1, 0.15) is 43.4 Å². The SMILES string of the molecule is Cn1cc(CNCC2CCCCC2)cc1C#N. The Balaban J connectivity index is 1.75. The summed E-state index contributed by atoms with van der Waals surface area (Å²) < 4.78 is 1.89. The minimum atomic E-state index is 0.736. The van der Waals surface area contributed by atoms with Gasteiger partial charge in [0.05, 0.1) is 0 Å². The van der Waals surface area contributed by atoms with E-state index >= 15 is 0 Å². The van der Waals surface area contributed by atoms with E-state index in [1.807, 2.05) is 23.9 Å². The Hall–Kier alpha value is -1.27. The molecule has 3 nitrogen and oxygen atoms in total. The molecule has 1 heterocycles. The molecule has 17 heavy (non-hydrogen) atoms. The number of nitrogens with one attached hydrogen (secondary N) is 1. The summed E-state index contributed by atoms with van der Waals surface area (Å²) in [7, 11) is 1.92. The van der Waals surface area contributed by atoms with Gasteiger partial charge in [0.2, 0.25) is 0 Å². The Bertz CT molecular complexity index is 394. The molecule has 1 aromatic heterocycles. The van der Waals surface area contributed by atoms with Crippen LogP contribution in [0.4, 0.5) is 0 Å². The number of hydrogen-bond acceptors (Lipinski definition) is 2. The van der Waals surface area contributed by atoms with Crippen LogP contribution in [0.3, 0.4) is 0 Å². The van der Waals surface area contributed by atoms with Gasteiger partial charge in [-0.2, -0.15) is 5.26 Å². The van der Waals surface area contributed by atoms with E-state index in [2.05, 4.69) is 11.4 Å². The summed E-state index contributed by atoms with van der Waals surface area (Å²) in [6.45, 7) is 2.00. The van der Waals surface area contributed by atoms with Crippen LogP contribution in [0.15, 0.2) is 12.3 Å². The summed E-state index contributed by atoms with van der Waals surface area (Å²) in [5.41, 5.74) is 1.94. The predicted octanol–water partition coefficient (Wildman–Crippen LogP) is 2.57. The third kappa shape index (κ3) is 3.34. The van der Waals surface area contributed by atoms with E-state index in [0.717, 1.165) is 24.7 Å². The zero-order chi connectivity index (χ0) is 12.1. The van der Waals surface area contributed by atoms with Crippen LogP contribution in [-0.4, -0.2) is 11.1 Å². The number of nitrogens with zero attached hydrogens (tertiary/aromatic N) is 2. The predicted molar refractivity (Wildman–Crippen MR) is 68.4 cm³/mol. The molecule has 0 aromatic carbocycles. The third-order valence-corrected chi connectivity index (χ3v) is 3.66. The van der Waals surface area contributed by atoms with Gasteiger partial charge in [0.1, 0.15) is 11.8 Å². The Morgan fingerprint density at radius 2 is 2.18 bits per heavy atom. The second kappa shape index (κ2) is 5.88. The molecule has 1 aromatic rings. The van der Waals surface area contributed by atoms with Crippen molar-refractivity contribution in [2.24, 2.45) is 13.0 Å². The zero-order valence-electron chi connectivity index (χ0n) is 10.6. The molecule has 0 amide bonds. The maximum absolute atomic E-state index is 8.87. The number of rotatable bonds is 4. The lowest BCUT2D eigenvalue weighted by Gasteiger charge is -2.21. The first-order valence-electron chi connectivity index (χ1n) is 6.55. The van der Waals surface area contributed by atoms with E-state index in [9.17, 15) is 0 Å².